The van der Waals surface area contributed by atoms with Crippen molar-refractivity contribution in [3.63, 3.8) is 0 Å². The fourth-order valence-corrected chi connectivity index (χ4v) is 4.50. The first kappa shape index (κ1) is 24.1. The SMILES string of the molecule is CCc1nn(-c2ccc(F)cc2)c([O-])c1C1=C([n+]2ccc(C)c(C)c2)C(=O)N(c2cccc(C)c2)C1=O. The van der Waals surface area contributed by atoms with Crippen LogP contribution in [-0.2, 0) is 16.0 Å². The summed E-state index contributed by atoms with van der Waals surface area (Å²) in [5.74, 6) is -2.12. The average Bonchev–Trinajstić information content (AvgIpc) is 3.33. The van der Waals surface area contributed by atoms with Gasteiger partial charge in [-0.2, -0.15) is 9.67 Å². The van der Waals surface area contributed by atoms with Crippen molar-refractivity contribution in [2.45, 2.75) is 34.1 Å². The minimum Gasteiger partial charge on any atom is -0.858 e. The smallest absolute Gasteiger partial charge is 0.331 e. The molecule has 2 aromatic carbocycles. The maximum absolute atomic E-state index is 14.0. The third-order valence-electron chi connectivity index (χ3n) is 6.59. The molecule has 0 unspecified atom stereocenters. The van der Waals surface area contributed by atoms with E-state index in [9.17, 15) is 19.1 Å². The van der Waals surface area contributed by atoms with E-state index in [2.05, 4.69) is 5.10 Å². The van der Waals surface area contributed by atoms with E-state index >= 15 is 0 Å². The van der Waals surface area contributed by atoms with Crippen molar-refractivity contribution in [3.8, 4) is 11.6 Å². The van der Waals surface area contributed by atoms with E-state index in [0.29, 0.717) is 23.5 Å². The minimum absolute atomic E-state index is 0.00466. The zero-order valence-electron chi connectivity index (χ0n) is 20.9. The summed E-state index contributed by atoms with van der Waals surface area (Å²) in [6.07, 6.45) is 3.83. The standard InChI is InChI=1S/C29H25FN4O3/c1-5-23-24(28(36)34(31-23)21-11-9-20(30)10-12-21)25-26(32-14-13-18(3)19(4)16-32)29(37)33(27(25)35)22-8-6-7-17(2)15-22/h6-16H,5H2,1-4H3. The van der Waals surface area contributed by atoms with Crippen molar-refractivity contribution in [2.24, 2.45) is 0 Å². The number of hydrogen-bond donors (Lipinski definition) is 0. The number of carbonyl (C=O) groups is 2. The lowest BCUT2D eigenvalue weighted by Crippen LogP contribution is -2.40. The summed E-state index contributed by atoms with van der Waals surface area (Å²) >= 11 is 0. The summed E-state index contributed by atoms with van der Waals surface area (Å²) in [4.78, 5) is 29.0. The number of nitrogens with zero attached hydrogens (tertiary/aromatic N) is 4. The van der Waals surface area contributed by atoms with Crippen molar-refractivity contribution in [1.82, 2.24) is 9.78 Å². The van der Waals surface area contributed by atoms with Crippen molar-refractivity contribution < 1.29 is 23.7 Å². The Morgan fingerprint density at radius 2 is 1.68 bits per heavy atom. The molecule has 8 heteroatoms. The van der Waals surface area contributed by atoms with Gasteiger partial charge in [0.2, 0.25) is 0 Å². The van der Waals surface area contributed by atoms with Crippen LogP contribution >= 0.6 is 0 Å². The lowest BCUT2D eigenvalue weighted by molar-refractivity contribution is -0.577. The number of rotatable bonds is 5. The molecule has 37 heavy (non-hydrogen) atoms. The summed E-state index contributed by atoms with van der Waals surface area (Å²) in [5.41, 5.74) is 4.13. The van der Waals surface area contributed by atoms with Gasteiger partial charge < -0.3 is 5.11 Å². The maximum atomic E-state index is 14.0. The number of anilines is 1. The molecule has 0 fully saturated rings. The molecule has 4 aromatic rings. The minimum atomic E-state index is -0.596. The predicted molar refractivity (Wildman–Crippen MR) is 135 cm³/mol. The zero-order valence-corrected chi connectivity index (χ0v) is 20.9. The highest BCUT2D eigenvalue weighted by molar-refractivity contribution is 6.53. The van der Waals surface area contributed by atoms with Gasteiger partial charge in [0.25, 0.3) is 11.6 Å². The van der Waals surface area contributed by atoms with E-state index in [4.69, 9.17) is 0 Å². The van der Waals surface area contributed by atoms with E-state index in [1.165, 1.54) is 24.3 Å². The fraction of sp³-hybridized carbons (Fsp3) is 0.172. The Bertz CT molecular complexity index is 1600. The Morgan fingerprint density at radius 1 is 0.946 bits per heavy atom. The first-order valence-electron chi connectivity index (χ1n) is 11.9. The molecule has 0 saturated heterocycles. The van der Waals surface area contributed by atoms with Crippen LogP contribution < -0.4 is 14.6 Å². The van der Waals surface area contributed by atoms with Gasteiger partial charge in [0.05, 0.1) is 17.1 Å². The van der Waals surface area contributed by atoms with Crippen molar-refractivity contribution >= 4 is 28.8 Å². The number of amides is 2. The molecule has 0 N–H and O–H groups in total. The summed E-state index contributed by atoms with van der Waals surface area (Å²) in [6, 6.07) is 14.3. The number of pyridine rings is 1. The molecule has 1 aliphatic heterocycles. The van der Waals surface area contributed by atoms with Crippen molar-refractivity contribution in [3.05, 3.63) is 101 Å². The van der Waals surface area contributed by atoms with Crippen LogP contribution in [0.1, 0.15) is 34.9 Å². The van der Waals surface area contributed by atoms with Crippen LogP contribution in [0.5, 0.6) is 5.88 Å². The highest BCUT2D eigenvalue weighted by Gasteiger charge is 2.47. The third kappa shape index (κ3) is 4.00. The van der Waals surface area contributed by atoms with Crippen molar-refractivity contribution in [2.75, 3.05) is 4.90 Å². The normalized spacial score (nSPS) is 13.7. The second kappa shape index (κ2) is 9.13. The number of aromatic nitrogens is 3. The van der Waals surface area contributed by atoms with Gasteiger partial charge >= 0.3 is 5.91 Å². The molecule has 186 valence electrons. The van der Waals surface area contributed by atoms with Crippen LogP contribution in [0.3, 0.4) is 0 Å². The lowest BCUT2D eigenvalue weighted by Gasteiger charge is -2.16. The van der Waals surface area contributed by atoms with E-state index in [1.807, 2.05) is 39.8 Å². The topological polar surface area (TPSA) is 82.1 Å². The molecule has 7 nitrogen and oxygen atoms in total. The Balaban J connectivity index is 1.78. The summed E-state index contributed by atoms with van der Waals surface area (Å²) in [5, 5.41) is 18.2. The maximum Gasteiger partial charge on any atom is 0.331 e. The molecule has 5 rings (SSSR count). The second-order valence-corrected chi connectivity index (χ2v) is 9.10. The number of hydrogen-bond acceptors (Lipinski definition) is 4. The van der Waals surface area contributed by atoms with E-state index in [1.54, 1.807) is 35.2 Å². The average molecular weight is 497 g/mol. The van der Waals surface area contributed by atoms with Gasteiger partial charge in [-0.05, 0) is 80.6 Å². The Kier molecular flexibility index (Phi) is 5.95. The van der Waals surface area contributed by atoms with Crippen LogP contribution in [-0.4, -0.2) is 21.6 Å². The molecule has 1 aliphatic rings. The van der Waals surface area contributed by atoms with Gasteiger partial charge in [0, 0.05) is 17.2 Å². The molecule has 3 heterocycles. The van der Waals surface area contributed by atoms with Gasteiger partial charge in [-0.3, -0.25) is 9.59 Å². The highest BCUT2D eigenvalue weighted by Crippen LogP contribution is 2.39. The van der Waals surface area contributed by atoms with Crippen LogP contribution in [0.4, 0.5) is 10.1 Å². The Morgan fingerprint density at radius 3 is 2.32 bits per heavy atom. The van der Waals surface area contributed by atoms with Crippen LogP contribution in [0.15, 0.2) is 67.0 Å². The third-order valence-corrected chi connectivity index (χ3v) is 6.59. The zero-order chi connectivity index (χ0) is 26.4. The monoisotopic (exact) mass is 496 g/mol. The molecule has 2 aromatic heterocycles. The number of halogens is 1. The van der Waals surface area contributed by atoms with Crippen LogP contribution in [0, 0.1) is 26.6 Å². The molecule has 0 atom stereocenters. The van der Waals surface area contributed by atoms with Gasteiger partial charge in [-0.25, -0.2) is 14.0 Å². The molecular weight excluding hydrogens is 471 g/mol. The number of imide groups is 1. The summed E-state index contributed by atoms with van der Waals surface area (Å²) in [7, 11) is 0. The Hall–Kier alpha value is -4.59. The van der Waals surface area contributed by atoms with Gasteiger partial charge in [0.15, 0.2) is 12.4 Å². The second-order valence-electron chi connectivity index (χ2n) is 9.10. The van der Waals surface area contributed by atoms with E-state index in [0.717, 1.165) is 26.3 Å². The van der Waals surface area contributed by atoms with Gasteiger partial charge in [-0.15, -0.1) is 0 Å². The summed E-state index contributed by atoms with van der Waals surface area (Å²) < 4.78 is 16.3. The Labute approximate surface area is 213 Å². The largest absolute Gasteiger partial charge is 0.858 e. The fourth-order valence-electron chi connectivity index (χ4n) is 4.50. The van der Waals surface area contributed by atoms with Crippen LogP contribution in [0.25, 0.3) is 17.0 Å². The molecule has 0 bridgehead atoms. The van der Waals surface area contributed by atoms with Crippen molar-refractivity contribution in [1.29, 1.82) is 0 Å². The predicted octanol–water partition coefficient (Wildman–Crippen LogP) is 3.80. The van der Waals surface area contributed by atoms with Gasteiger partial charge in [-0.1, -0.05) is 19.1 Å². The highest BCUT2D eigenvalue weighted by atomic mass is 19.1. The van der Waals surface area contributed by atoms with Crippen LogP contribution in [0.2, 0.25) is 0 Å². The molecular formula is C29H25FN4O3. The molecule has 0 saturated carbocycles. The molecule has 0 spiro atoms. The first-order chi connectivity index (χ1) is 17.7. The molecule has 0 radical (unpaired) electrons. The van der Waals surface area contributed by atoms with Gasteiger partial charge in [0.1, 0.15) is 11.4 Å². The quantitative estimate of drug-likeness (QED) is 0.311. The van der Waals surface area contributed by atoms with E-state index in [-0.39, 0.29) is 16.8 Å². The lowest BCUT2D eigenvalue weighted by atomic mass is 10.0. The number of aryl methyl sites for hydroxylation is 4. The number of benzene rings is 2. The molecule has 2 amide bonds. The first-order valence-corrected chi connectivity index (χ1v) is 11.9. The van der Waals surface area contributed by atoms with E-state index < -0.39 is 23.5 Å². The number of carbonyl (C=O) groups excluding carboxylic acids is 2. The summed E-state index contributed by atoms with van der Waals surface area (Å²) in [6.45, 7) is 7.56. The molecule has 0 aliphatic carbocycles.